The molecule has 0 aliphatic carbocycles. The van der Waals surface area contributed by atoms with E-state index in [9.17, 15) is 0 Å². The first-order chi connectivity index (χ1) is 9.23. The third kappa shape index (κ3) is 2.57. The minimum absolute atomic E-state index is 0.172. The second-order valence-electron chi connectivity index (χ2n) is 5.30. The molecule has 2 fully saturated rings. The molecule has 0 saturated carbocycles. The van der Waals surface area contributed by atoms with Crippen LogP contribution in [0.25, 0.3) is 0 Å². The minimum atomic E-state index is -0.172. The summed E-state index contributed by atoms with van der Waals surface area (Å²) in [6, 6.07) is 4.73. The summed E-state index contributed by atoms with van der Waals surface area (Å²) in [4.78, 5) is 6.85. The first-order valence-electron chi connectivity index (χ1n) is 6.72. The Hall–Kier alpha value is -0.490. The quantitative estimate of drug-likeness (QED) is 0.797. The highest BCUT2D eigenvalue weighted by atomic mass is 79.9. The van der Waals surface area contributed by atoms with Gasteiger partial charge in [0.15, 0.2) is 0 Å². The highest BCUT2D eigenvalue weighted by molar-refractivity contribution is 9.10. The van der Waals surface area contributed by atoms with Gasteiger partial charge in [0.25, 0.3) is 0 Å². The summed E-state index contributed by atoms with van der Waals surface area (Å²) in [5.74, 6) is 0. The SMILES string of the molecule is COC1(c2ccc(Br)nc2)CCN(C2COC2)CC1. The fraction of sp³-hybridized carbons (Fsp3) is 0.643. The van der Waals surface area contributed by atoms with E-state index >= 15 is 0 Å². The lowest BCUT2D eigenvalue weighted by Gasteiger charge is -2.45. The number of methoxy groups -OCH3 is 1. The van der Waals surface area contributed by atoms with E-state index in [0.29, 0.717) is 6.04 Å². The third-order valence-electron chi connectivity index (χ3n) is 4.39. The largest absolute Gasteiger partial charge is 0.378 e. The summed E-state index contributed by atoms with van der Waals surface area (Å²) in [7, 11) is 1.81. The molecule has 3 rings (SSSR count). The van der Waals surface area contributed by atoms with Gasteiger partial charge in [0.2, 0.25) is 0 Å². The van der Waals surface area contributed by atoms with Crippen LogP contribution in [-0.2, 0) is 15.1 Å². The molecule has 4 nitrogen and oxygen atoms in total. The molecule has 2 saturated heterocycles. The number of pyridine rings is 1. The van der Waals surface area contributed by atoms with Crippen LogP contribution in [0.15, 0.2) is 22.9 Å². The molecule has 104 valence electrons. The van der Waals surface area contributed by atoms with Gasteiger partial charge in [-0.2, -0.15) is 0 Å². The zero-order valence-electron chi connectivity index (χ0n) is 11.1. The molecule has 0 radical (unpaired) electrons. The number of likely N-dealkylation sites (tertiary alicyclic amines) is 1. The van der Waals surface area contributed by atoms with Crippen molar-refractivity contribution in [3.63, 3.8) is 0 Å². The Morgan fingerprint density at radius 2 is 2.11 bits per heavy atom. The second-order valence-corrected chi connectivity index (χ2v) is 6.11. The fourth-order valence-corrected chi connectivity index (χ4v) is 3.17. The topological polar surface area (TPSA) is 34.6 Å². The summed E-state index contributed by atoms with van der Waals surface area (Å²) in [5.41, 5.74) is 1.01. The van der Waals surface area contributed by atoms with Crippen LogP contribution in [0.2, 0.25) is 0 Å². The van der Waals surface area contributed by atoms with Gasteiger partial charge in [-0.1, -0.05) is 6.07 Å². The van der Waals surface area contributed by atoms with E-state index in [1.54, 1.807) is 0 Å². The van der Waals surface area contributed by atoms with E-state index in [4.69, 9.17) is 9.47 Å². The molecule has 0 N–H and O–H groups in total. The van der Waals surface area contributed by atoms with Gasteiger partial charge < -0.3 is 9.47 Å². The van der Waals surface area contributed by atoms with Gasteiger partial charge in [0.1, 0.15) is 4.60 Å². The molecule has 1 aromatic heterocycles. The Labute approximate surface area is 122 Å². The van der Waals surface area contributed by atoms with Crippen LogP contribution in [0, 0.1) is 0 Å². The Bertz CT molecular complexity index is 426. The highest BCUT2D eigenvalue weighted by Gasteiger charge is 2.39. The molecule has 2 aliphatic heterocycles. The summed E-state index contributed by atoms with van der Waals surface area (Å²) in [6.07, 6.45) is 3.96. The predicted molar refractivity (Wildman–Crippen MR) is 76.0 cm³/mol. The Morgan fingerprint density at radius 1 is 1.37 bits per heavy atom. The first-order valence-corrected chi connectivity index (χ1v) is 7.52. The number of halogens is 1. The van der Waals surface area contributed by atoms with E-state index < -0.39 is 0 Å². The second kappa shape index (κ2) is 5.48. The van der Waals surface area contributed by atoms with Crippen LogP contribution in [0.4, 0.5) is 0 Å². The van der Waals surface area contributed by atoms with Crippen LogP contribution in [0.5, 0.6) is 0 Å². The summed E-state index contributed by atoms with van der Waals surface area (Å²) >= 11 is 3.38. The molecule has 0 amide bonds. The van der Waals surface area contributed by atoms with E-state index in [1.165, 1.54) is 5.56 Å². The van der Waals surface area contributed by atoms with Crippen molar-refractivity contribution in [2.24, 2.45) is 0 Å². The molecule has 2 aliphatic rings. The standard InChI is InChI=1S/C14H19BrN2O2/c1-18-14(11-2-3-13(15)16-8-11)4-6-17(7-5-14)12-9-19-10-12/h2-3,8,12H,4-7,9-10H2,1H3. The zero-order valence-corrected chi connectivity index (χ0v) is 12.7. The number of aromatic nitrogens is 1. The van der Waals surface area contributed by atoms with Gasteiger partial charge >= 0.3 is 0 Å². The van der Waals surface area contributed by atoms with Crippen molar-refractivity contribution in [1.82, 2.24) is 9.88 Å². The summed E-state index contributed by atoms with van der Waals surface area (Å²) < 4.78 is 12.0. The highest BCUT2D eigenvalue weighted by Crippen LogP contribution is 2.37. The van der Waals surface area contributed by atoms with Crippen LogP contribution in [-0.4, -0.2) is 49.3 Å². The van der Waals surface area contributed by atoms with Crippen molar-refractivity contribution < 1.29 is 9.47 Å². The molecule has 0 spiro atoms. The maximum atomic E-state index is 5.87. The maximum Gasteiger partial charge on any atom is 0.106 e. The number of hydrogen-bond acceptors (Lipinski definition) is 4. The first kappa shape index (κ1) is 13.5. The van der Waals surface area contributed by atoms with Crippen molar-refractivity contribution in [1.29, 1.82) is 0 Å². The van der Waals surface area contributed by atoms with Gasteiger partial charge in [0, 0.05) is 32.0 Å². The van der Waals surface area contributed by atoms with Gasteiger partial charge in [-0.05, 0) is 34.8 Å². The number of hydrogen-bond donors (Lipinski definition) is 0. The lowest BCUT2D eigenvalue weighted by atomic mass is 9.84. The molecule has 5 heteroatoms. The number of nitrogens with zero attached hydrogens (tertiary/aromatic N) is 2. The van der Waals surface area contributed by atoms with E-state index in [-0.39, 0.29) is 5.60 Å². The molecule has 3 heterocycles. The predicted octanol–water partition coefficient (Wildman–Crippen LogP) is 2.18. The monoisotopic (exact) mass is 326 g/mol. The van der Waals surface area contributed by atoms with Gasteiger partial charge in [0.05, 0.1) is 24.9 Å². The van der Waals surface area contributed by atoms with Crippen molar-refractivity contribution in [2.45, 2.75) is 24.5 Å². The smallest absolute Gasteiger partial charge is 0.106 e. The number of piperidine rings is 1. The Balaban J connectivity index is 1.72. The summed E-state index contributed by atoms with van der Waals surface area (Å²) in [6.45, 7) is 3.91. The van der Waals surface area contributed by atoms with Crippen molar-refractivity contribution in [3.05, 3.63) is 28.5 Å². The average molecular weight is 327 g/mol. The van der Waals surface area contributed by atoms with Crippen LogP contribution < -0.4 is 0 Å². The van der Waals surface area contributed by atoms with E-state index in [0.717, 1.165) is 43.7 Å². The minimum Gasteiger partial charge on any atom is -0.378 e. The molecular formula is C14H19BrN2O2. The summed E-state index contributed by atoms with van der Waals surface area (Å²) in [5, 5.41) is 0. The van der Waals surface area contributed by atoms with Crippen molar-refractivity contribution >= 4 is 15.9 Å². The van der Waals surface area contributed by atoms with E-state index in [2.05, 4.69) is 31.9 Å². The molecular weight excluding hydrogens is 308 g/mol. The number of ether oxygens (including phenoxy) is 2. The van der Waals surface area contributed by atoms with Gasteiger partial charge in [-0.15, -0.1) is 0 Å². The van der Waals surface area contributed by atoms with Crippen LogP contribution in [0.1, 0.15) is 18.4 Å². The van der Waals surface area contributed by atoms with E-state index in [1.807, 2.05) is 19.4 Å². The van der Waals surface area contributed by atoms with Gasteiger partial charge in [-0.25, -0.2) is 4.98 Å². The van der Waals surface area contributed by atoms with Crippen LogP contribution >= 0.6 is 15.9 Å². The van der Waals surface area contributed by atoms with Crippen molar-refractivity contribution in [2.75, 3.05) is 33.4 Å². The molecule has 0 aromatic carbocycles. The third-order valence-corrected chi connectivity index (χ3v) is 4.86. The lowest BCUT2D eigenvalue weighted by molar-refractivity contribution is -0.112. The molecule has 1 aromatic rings. The number of rotatable bonds is 3. The fourth-order valence-electron chi connectivity index (χ4n) is 2.94. The zero-order chi connectivity index (χ0) is 13.3. The van der Waals surface area contributed by atoms with Crippen molar-refractivity contribution in [3.8, 4) is 0 Å². The Morgan fingerprint density at radius 3 is 2.58 bits per heavy atom. The normalized spacial score (nSPS) is 24.1. The maximum absolute atomic E-state index is 5.87. The average Bonchev–Trinajstić information content (AvgIpc) is 2.39. The molecule has 0 unspecified atom stereocenters. The van der Waals surface area contributed by atoms with Crippen LogP contribution in [0.3, 0.4) is 0 Å². The Kier molecular flexibility index (Phi) is 3.89. The molecule has 0 bridgehead atoms. The van der Waals surface area contributed by atoms with Gasteiger partial charge in [-0.3, -0.25) is 4.90 Å². The molecule has 0 atom stereocenters. The molecule has 19 heavy (non-hydrogen) atoms. The lowest BCUT2D eigenvalue weighted by Crippen LogP contribution is -2.54.